The molecule has 5 aromatic carbocycles. The molecule has 4 heteroatoms. The summed E-state index contributed by atoms with van der Waals surface area (Å²) in [7, 11) is 0. The lowest BCUT2D eigenvalue weighted by molar-refractivity contribution is 1.25. The standard InChI is InChI=1S/C44H34Br2N2/c1-27-28(2)44(38-16-8-6-14-34(38)36-22-20-32(26-40(36)46)42-18-10-12-24-48-42)30(4)29(3)43(27)37-15-7-5-13-33(37)35-21-19-31(25-39(35)45)41-17-9-11-23-47-41/h5-26H,1-4H3. The summed E-state index contributed by atoms with van der Waals surface area (Å²) in [5, 5.41) is 0. The first-order valence-corrected chi connectivity index (χ1v) is 17.6. The molecule has 0 saturated carbocycles. The monoisotopic (exact) mass is 748 g/mol. The lowest BCUT2D eigenvalue weighted by Gasteiger charge is -2.24. The van der Waals surface area contributed by atoms with Gasteiger partial charge in [0.15, 0.2) is 0 Å². The number of hydrogen-bond donors (Lipinski definition) is 0. The maximum absolute atomic E-state index is 4.55. The Hall–Kier alpha value is -4.64. The second-order valence-electron chi connectivity index (χ2n) is 12.2. The Labute approximate surface area is 299 Å². The predicted octanol–water partition coefficient (Wildman–Crippen LogP) is 13.2. The van der Waals surface area contributed by atoms with Crippen molar-refractivity contribution in [2.45, 2.75) is 27.7 Å². The van der Waals surface area contributed by atoms with E-state index >= 15 is 0 Å². The third-order valence-corrected chi connectivity index (χ3v) is 10.8. The van der Waals surface area contributed by atoms with Crippen molar-refractivity contribution in [2.75, 3.05) is 0 Å². The van der Waals surface area contributed by atoms with Crippen LogP contribution in [-0.2, 0) is 0 Å². The molecule has 0 atom stereocenters. The molecule has 48 heavy (non-hydrogen) atoms. The average Bonchev–Trinajstić information content (AvgIpc) is 3.12. The zero-order valence-corrected chi connectivity index (χ0v) is 30.5. The summed E-state index contributed by atoms with van der Waals surface area (Å²) in [5.74, 6) is 0. The van der Waals surface area contributed by atoms with Crippen molar-refractivity contribution < 1.29 is 0 Å². The first-order valence-electron chi connectivity index (χ1n) is 16.0. The smallest absolute Gasteiger partial charge is 0.0702 e. The van der Waals surface area contributed by atoms with Gasteiger partial charge >= 0.3 is 0 Å². The molecule has 0 aliphatic carbocycles. The van der Waals surface area contributed by atoms with Crippen LogP contribution in [0.25, 0.3) is 67.0 Å². The Balaban J connectivity index is 1.34. The van der Waals surface area contributed by atoms with Gasteiger partial charge in [0.1, 0.15) is 0 Å². The minimum atomic E-state index is 0.961. The van der Waals surface area contributed by atoms with E-state index in [2.05, 4.69) is 154 Å². The highest BCUT2D eigenvalue weighted by Gasteiger charge is 2.22. The van der Waals surface area contributed by atoms with Crippen molar-refractivity contribution in [3.8, 4) is 67.0 Å². The van der Waals surface area contributed by atoms with Crippen LogP contribution in [0.15, 0.2) is 143 Å². The van der Waals surface area contributed by atoms with Gasteiger partial charge in [0, 0.05) is 32.5 Å². The molecular weight excluding hydrogens is 716 g/mol. The van der Waals surface area contributed by atoms with Crippen LogP contribution >= 0.6 is 31.9 Å². The van der Waals surface area contributed by atoms with Gasteiger partial charge in [-0.2, -0.15) is 0 Å². The number of benzene rings is 5. The molecule has 0 saturated heterocycles. The van der Waals surface area contributed by atoms with E-state index in [4.69, 9.17) is 0 Å². The maximum atomic E-state index is 4.55. The van der Waals surface area contributed by atoms with Gasteiger partial charge in [-0.25, -0.2) is 0 Å². The third-order valence-electron chi connectivity index (χ3n) is 9.46. The molecule has 2 aromatic heterocycles. The molecule has 7 rings (SSSR count). The Morgan fingerprint density at radius 1 is 0.375 bits per heavy atom. The summed E-state index contributed by atoms with van der Waals surface area (Å²) in [4.78, 5) is 9.11. The molecule has 0 radical (unpaired) electrons. The average molecular weight is 751 g/mol. The number of halogens is 2. The normalized spacial score (nSPS) is 11.1. The molecule has 0 aliphatic rings. The number of nitrogens with zero attached hydrogens (tertiary/aromatic N) is 2. The van der Waals surface area contributed by atoms with Gasteiger partial charge in [0.25, 0.3) is 0 Å². The van der Waals surface area contributed by atoms with E-state index in [0.717, 1.165) is 42.6 Å². The molecule has 0 unspecified atom stereocenters. The van der Waals surface area contributed by atoms with E-state index in [1.165, 1.54) is 55.6 Å². The molecule has 2 heterocycles. The molecular formula is C44H34Br2N2. The Kier molecular flexibility index (Phi) is 8.96. The van der Waals surface area contributed by atoms with Crippen LogP contribution < -0.4 is 0 Å². The summed E-state index contributed by atoms with van der Waals surface area (Å²) in [6.45, 7) is 9.10. The summed E-state index contributed by atoms with van der Waals surface area (Å²) < 4.78 is 2.10. The van der Waals surface area contributed by atoms with E-state index in [-0.39, 0.29) is 0 Å². The third kappa shape index (κ3) is 5.85. The van der Waals surface area contributed by atoms with Gasteiger partial charge in [-0.3, -0.25) is 9.97 Å². The summed E-state index contributed by atoms with van der Waals surface area (Å²) in [6, 6.07) is 42.6. The molecule has 0 amide bonds. The predicted molar refractivity (Wildman–Crippen MR) is 209 cm³/mol. The largest absolute Gasteiger partial charge is 0.256 e. The first kappa shape index (κ1) is 31.9. The minimum Gasteiger partial charge on any atom is -0.256 e. The van der Waals surface area contributed by atoms with Crippen molar-refractivity contribution in [2.24, 2.45) is 0 Å². The zero-order chi connectivity index (χ0) is 33.4. The van der Waals surface area contributed by atoms with Crippen LogP contribution in [0.2, 0.25) is 0 Å². The van der Waals surface area contributed by atoms with Crippen LogP contribution in [-0.4, -0.2) is 9.97 Å². The topological polar surface area (TPSA) is 25.8 Å². The molecule has 7 aromatic rings. The van der Waals surface area contributed by atoms with Gasteiger partial charge < -0.3 is 0 Å². The number of rotatable bonds is 6. The molecule has 0 N–H and O–H groups in total. The van der Waals surface area contributed by atoms with E-state index in [1.807, 2.05) is 48.8 Å². The summed E-state index contributed by atoms with van der Waals surface area (Å²) in [6.07, 6.45) is 3.67. The van der Waals surface area contributed by atoms with Crippen molar-refractivity contribution in [1.82, 2.24) is 9.97 Å². The second kappa shape index (κ2) is 13.5. The highest BCUT2D eigenvalue weighted by Crippen LogP contribution is 2.46. The summed E-state index contributed by atoms with van der Waals surface area (Å²) >= 11 is 7.83. The molecule has 0 bridgehead atoms. The van der Waals surface area contributed by atoms with Gasteiger partial charge in [-0.05, 0) is 131 Å². The molecule has 2 nitrogen and oxygen atoms in total. The Morgan fingerprint density at radius 2 is 0.729 bits per heavy atom. The highest BCUT2D eigenvalue weighted by molar-refractivity contribution is 9.11. The highest BCUT2D eigenvalue weighted by atomic mass is 79.9. The molecule has 0 spiro atoms. The fourth-order valence-corrected chi connectivity index (χ4v) is 8.03. The Morgan fingerprint density at radius 3 is 1.06 bits per heavy atom. The van der Waals surface area contributed by atoms with Crippen molar-refractivity contribution in [3.05, 3.63) is 165 Å². The quantitative estimate of drug-likeness (QED) is 0.169. The number of aromatic nitrogens is 2. The SMILES string of the molecule is Cc1c(C)c(-c2ccccc2-c2ccc(-c3ccccn3)cc2Br)c(C)c(C)c1-c1ccccc1-c1ccc(-c2ccccn2)cc1Br. The van der Waals surface area contributed by atoms with E-state index < -0.39 is 0 Å². The zero-order valence-electron chi connectivity index (χ0n) is 27.4. The van der Waals surface area contributed by atoms with E-state index in [0.29, 0.717) is 0 Å². The van der Waals surface area contributed by atoms with Crippen LogP contribution in [0.3, 0.4) is 0 Å². The van der Waals surface area contributed by atoms with Gasteiger partial charge in [-0.15, -0.1) is 0 Å². The van der Waals surface area contributed by atoms with Crippen LogP contribution in [0.1, 0.15) is 22.3 Å². The summed E-state index contributed by atoms with van der Waals surface area (Å²) in [5.41, 5.74) is 19.0. The van der Waals surface area contributed by atoms with Crippen LogP contribution in [0.4, 0.5) is 0 Å². The van der Waals surface area contributed by atoms with E-state index in [1.54, 1.807) is 0 Å². The van der Waals surface area contributed by atoms with Gasteiger partial charge in [-0.1, -0.05) is 117 Å². The lowest BCUT2D eigenvalue weighted by Crippen LogP contribution is -2.02. The fraction of sp³-hybridized carbons (Fsp3) is 0.0909. The van der Waals surface area contributed by atoms with Crippen LogP contribution in [0.5, 0.6) is 0 Å². The van der Waals surface area contributed by atoms with Crippen molar-refractivity contribution in [3.63, 3.8) is 0 Å². The lowest BCUT2D eigenvalue weighted by atomic mass is 9.80. The Bertz CT molecular complexity index is 2100. The number of hydrogen-bond acceptors (Lipinski definition) is 2. The maximum Gasteiger partial charge on any atom is 0.0702 e. The minimum absolute atomic E-state index is 0.961. The van der Waals surface area contributed by atoms with Crippen molar-refractivity contribution >= 4 is 31.9 Å². The molecule has 0 aliphatic heterocycles. The van der Waals surface area contributed by atoms with Crippen LogP contribution in [0, 0.1) is 27.7 Å². The molecule has 0 fully saturated rings. The molecule has 234 valence electrons. The fourth-order valence-electron chi connectivity index (χ4n) is 6.85. The van der Waals surface area contributed by atoms with Gasteiger partial charge in [0.05, 0.1) is 11.4 Å². The second-order valence-corrected chi connectivity index (χ2v) is 13.9. The number of pyridine rings is 2. The van der Waals surface area contributed by atoms with Gasteiger partial charge in [0.2, 0.25) is 0 Å². The first-order chi connectivity index (χ1) is 23.3. The van der Waals surface area contributed by atoms with E-state index in [9.17, 15) is 0 Å². The van der Waals surface area contributed by atoms with Crippen molar-refractivity contribution in [1.29, 1.82) is 0 Å².